The molecule has 2 heterocycles. The number of para-hydroxylation sites is 1. The average Bonchev–Trinajstić information content (AvgIpc) is 3.34. The first-order valence-electron chi connectivity index (χ1n) is 15.1. The summed E-state index contributed by atoms with van der Waals surface area (Å²) in [5.74, 6) is 0.426. The van der Waals surface area contributed by atoms with Crippen LogP contribution in [0.3, 0.4) is 0 Å². The lowest BCUT2D eigenvalue weighted by molar-refractivity contribution is -0.131. The molecule has 0 aliphatic carbocycles. The second-order valence-corrected chi connectivity index (χ2v) is 19.1. The maximum absolute atomic E-state index is 13.2. The Morgan fingerprint density at radius 3 is 2.42 bits per heavy atom. The van der Waals surface area contributed by atoms with E-state index in [-0.39, 0.29) is 12.6 Å². The van der Waals surface area contributed by atoms with Gasteiger partial charge in [0.15, 0.2) is 5.65 Å². The minimum atomic E-state index is -1.24. The molecule has 2 aromatic carbocycles. The van der Waals surface area contributed by atoms with E-state index < -0.39 is 25.8 Å². The fourth-order valence-corrected chi connectivity index (χ4v) is 5.50. The van der Waals surface area contributed by atoms with E-state index in [4.69, 9.17) is 24.3 Å². The molecule has 4 rings (SSSR count). The first kappa shape index (κ1) is 33.7. The quantitative estimate of drug-likeness (QED) is 0.144. The highest BCUT2D eigenvalue weighted by atomic mass is 28.3. The standard InChI is InChI=1S/C34H45N5O5Si/c1-34(2,3)44-33(41)36-29(32(40)38(4)5)24-14-12-13-23(19-24)25-20-27-30(26-15-10-11-16-28(26)42-6)37-39(31(27)35-21-25)22-43-17-18-45(7,8)9/h10-16,19-21,29H,17-18,22H2,1-9H3,(H,36,41). The Morgan fingerprint density at radius 1 is 1.02 bits per heavy atom. The summed E-state index contributed by atoms with van der Waals surface area (Å²) in [6.45, 7) is 13.2. The predicted molar refractivity (Wildman–Crippen MR) is 180 cm³/mol. The number of likely N-dealkylation sites (N-methyl/N-ethyl adjacent to an activating group) is 1. The number of carbonyl (C=O) groups excluding carboxylic acids is 2. The van der Waals surface area contributed by atoms with Crippen LogP contribution in [0.2, 0.25) is 25.7 Å². The van der Waals surface area contributed by atoms with Crippen molar-refractivity contribution in [2.24, 2.45) is 0 Å². The summed E-state index contributed by atoms with van der Waals surface area (Å²) in [6, 6.07) is 17.4. The first-order valence-corrected chi connectivity index (χ1v) is 18.8. The number of carbonyl (C=O) groups is 2. The van der Waals surface area contributed by atoms with Crippen LogP contribution in [0.1, 0.15) is 32.4 Å². The van der Waals surface area contributed by atoms with E-state index in [2.05, 4.69) is 25.0 Å². The Kier molecular flexibility index (Phi) is 10.3. The van der Waals surface area contributed by atoms with Crippen molar-refractivity contribution in [3.8, 4) is 28.1 Å². The van der Waals surface area contributed by atoms with Gasteiger partial charge in [0.1, 0.15) is 29.8 Å². The van der Waals surface area contributed by atoms with Gasteiger partial charge in [0.05, 0.1) is 7.11 Å². The summed E-state index contributed by atoms with van der Waals surface area (Å²) in [5, 5.41) is 8.53. The molecule has 1 N–H and O–H groups in total. The van der Waals surface area contributed by atoms with Gasteiger partial charge in [0.25, 0.3) is 0 Å². The smallest absolute Gasteiger partial charge is 0.408 e. The van der Waals surface area contributed by atoms with E-state index >= 15 is 0 Å². The van der Waals surface area contributed by atoms with E-state index in [1.54, 1.807) is 52.9 Å². The molecule has 0 saturated carbocycles. The van der Waals surface area contributed by atoms with Gasteiger partial charge in [0.2, 0.25) is 5.91 Å². The summed E-state index contributed by atoms with van der Waals surface area (Å²) in [4.78, 5) is 32.2. The fraction of sp³-hybridized carbons (Fsp3) is 0.412. The summed E-state index contributed by atoms with van der Waals surface area (Å²) < 4.78 is 19.0. The third kappa shape index (κ3) is 8.70. The number of amides is 2. The SMILES string of the molecule is COc1ccccc1-c1nn(COCC[Si](C)(C)C)c2ncc(-c3cccc(C(NC(=O)OC(C)(C)C)C(=O)N(C)C)c3)cc12. The topological polar surface area (TPSA) is 108 Å². The third-order valence-corrected chi connectivity index (χ3v) is 8.77. The molecule has 1 atom stereocenters. The van der Waals surface area contributed by atoms with E-state index in [9.17, 15) is 9.59 Å². The second kappa shape index (κ2) is 13.8. The maximum Gasteiger partial charge on any atom is 0.408 e. The Balaban J connectivity index is 1.75. The van der Waals surface area contributed by atoms with Gasteiger partial charge in [-0.1, -0.05) is 50.0 Å². The zero-order chi connectivity index (χ0) is 32.9. The van der Waals surface area contributed by atoms with E-state index in [0.717, 1.165) is 33.8 Å². The molecule has 11 heteroatoms. The molecular weight excluding hydrogens is 586 g/mol. The highest BCUT2D eigenvalue weighted by Gasteiger charge is 2.27. The predicted octanol–water partition coefficient (Wildman–Crippen LogP) is 6.74. The van der Waals surface area contributed by atoms with Crippen LogP contribution in [0.5, 0.6) is 5.75 Å². The maximum atomic E-state index is 13.2. The van der Waals surface area contributed by atoms with Crippen molar-refractivity contribution < 1.29 is 23.8 Å². The van der Waals surface area contributed by atoms with Crippen molar-refractivity contribution in [3.05, 3.63) is 66.4 Å². The van der Waals surface area contributed by atoms with E-state index in [1.807, 2.05) is 54.6 Å². The van der Waals surface area contributed by atoms with Crippen LogP contribution in [0, 0.1) is 0 Å². The number of fused-ring (bicyclic) bond motifs is 1. The molecule has 0 spiro atoms. The number of aromatic nitrogens is 3. The largest absolute Gasteiger partial charge is 0.496 e. The molecule has 0 aliphatic rings. The lowest BCUT2D eigenvalue weighted by atomic mass is 9.98. The Bertz CT molecular complexity index is 1650. The molecule has 45 heavy (non-hydrogen) atoms. The van der Waals surface area contributed by atoms with Gasteiger partial charge in [-0.2, -0.15) is 5.10 Å². The number of rotatable bonds is 11. The van der Waals surface area contributed by atoms with Crippen molar-refractivity contribution in [1.29, 1.82) is 0 Å². The van der Waals surface area contributed by atoms with Gasteiger partial charge in [-0.15, -0.1) is 0 Å². The zero-order valence-electron chi connectivity index (χ0n) is 27.8. The summed E-state index contributed by atoms with van der Waals surface area (Å²) in [5.41, 5.74) is 3.83. The monoisotopic (exact) mass is 631 g/mol. The molecule has 0 bridgehead atoms. The Morgan fingerprint density at radius 2 is 1.76 bits per heavy atom. The zero-order valence-corrected chi connectivity index (χ0v) is 28.8. The van der Waals surface area contributed by atoms with Crippen molar-refractivity contribution >= 4 is 31.1 Å². The third-order valence-electron chi connectivity index (χ3n) is 7.06. The van der Waals surface area contributed by atoms with Gasteiger partial charge in [-0.05, 0) is 62.2 Å². The minimum Gasteiger partial charge on any atom is -0.496 e. The molecule has 0 fully saturated rings. The molecule has 0 aliphatic heterocycles. The first-order chi connectivity index (χ1) is 21.2. The van der Waals surface area contributed by atoms with E-state index in [1.165, 1.54) is 4.90 Å². The van der Waals surface area contributed by atoms with Gasteiger partial charge in [0, 0.05) is 51.5 Å². The van der Waals surface area contributed by atoms with Crippen LogP contribution >= 0.6 is 0 Å². The minimum absolute atomic E-state index is 0.277. The lowest BCUT2D eigenvalue weighted by Gasteiger charge is -2.25. The van der Waals surface area contributed by atoms with Crippen molar-refractivity contribution in [1.82, 2.24) is 25.0 Å². The lowest BCUT2D eigenvalue weighted by Crippen LogP contribution is -2.42. The molecule has 0 saturated heterocycles. The number of hydrogen-bond donors (Lipinski definition) is 1. The summed E-state index contributed by atoms with van der Waals surface area (Å²) in [6.07, 6.45) is 1.12. The van der Waals surface area contributed by atoms with Crippen LogP contribution in [0.25, 0.3) is 33.4 Å². The van der Waals surface area contributed by atoms with Crippen LogP contribution < -0.4 is 10.1 Å². The molecule has 0 radical (unpaired) electrons. The molecule has 10 nitrogen and oxygen atoms in total. The Hall–Kier alpha value is -4.22. The van der Waals surface area contributed by atoms with E-state index in [0.29, 0.717) is 23.6 Å². The highest BCUT2D eigenvalue weighted by Crippen LogP contribution is 2.36. The van der Waals surface area contributed by atoms with Crippen LogP contribution in [0.15, 0.2) is 60.8 Å². The molecule has 1 unspecified atom stereocenters. The average molecular weight is 632 g/mol. The molecule has 4 aromatic rings. The van der Waals surface area contributed by atoms with Crippen LogP contribution in [0.4, 0.5) is 4.79 Å². The number of benzene rings is 2. The molecular formula is C34H45N5O5Si. The van der Waals surface area contributed by atoms with Gasteiger partial charge in [-0.25, -0.2) is 14.5 Å². The number of alkyl carbamates (subject to hydrolysis) is 1. The Labute approximate surface area is 266 Å². The summed E-state index contributed by atoms with van der Waals surface area (Å²) in [7, 11) is 3.71. The fourth-order valence-electron chi connectivity index (χ4n) is 4.74. The van der Waals surface area contributed by atoms with Gasteiger partial charge in [-0.3, -0.25) is 4.79 Å². The molecule has 2 amide bonds. The van der Waals surface area contributed by atoms with Gasteiger partial charge >= 0.3 is 6.09 Å². The highest BCUT2D eigenvalue weighted by molar-refractivity contribution is 6.76. The number of hydrogen-bond acceptors (Lipinski definition) is 7. The normalized spacial score (nSPS) is 12.6. The van der Waals surface area contributed by atoms with Crippen LogP contribution in [-0.2, 0) is 21.0 Å². The second-order valence-electron chi connectivity index (χ2n) is 13.4. The molecule has 2 aromatic heterocycles. The molecule has 240 valence electrons. The van der Waals surface area contributed by atoms with Crippen molar-refractivity contribution in [2.45, 2.75) is 64.8 Å². The number of ether oxygens (including phenoxy) is 3. The number of pyridine rings is 1. The summed E-state index contributed by atoms with van der Waals surface area (Å²) >= 11 is 0. The van der Waals surface area contributed by atoms with Crippen molar-refractivity contribution in [3.63, 3.8) is 0 Å². The van der Waals surface area contributed by atoms with Crippen LogP contribution in [-0.4, -0.2) is 73.2 Å². The van der Waals surface area contributed by atoms with Crippen molar-refractivity contribution in [2.75, 3.05) is 27.8 Å². The number of nitrogens with zero attached hydrogens (tertiary/aromatic N) is 4. The van der Waals surface area contributed by atoms with Gasteiger partial charge < -0.3 is 24.4 Å². The number of nitrogens with one attached hydrogen (secondary N) is 1. The number of methoxy groups -OCH3 is 1.